The maximum atomic E-state index is 11.8. The average Bonchev–Trinajstić information content (AvgIpc) is 3.05. The van der Waals surface area contributed by atoms with E-state index in [2.05, 4.69) is 21.2 Å². The van der Waals surface area contributed by atoms with Crippen molar-refractivity contribution >= 4 is 39.1 Å². The lowest BCUT2D eigenvalue weighted by atomic mass is 10.2. The van der Waals surface area contributed by atoms with Crippen LogP contribution in [0.4, 0.5) is 5.69 Å². The highest BCUT2D eigenvalue weighted by molar-refractivity contribution is 9.10. The Bertz CT molecular complexity index is 375. The van der Waals surface area contributed by atoms with Crippen LogP contribution in [0.5, 0.6) is 0 Å². The van der Waals surface area contributed by atoms with Crippen LogP contribution in [0.25, 0.3) is 0 Å². The maximum absolute atomic E-state index is 11.8. The number of halogens is 2. The summed E-state index contributed by atoms with van der Waals surface area (Å²) in [6.45, 7) is 0. The van der Waals surface area contributed by atoms with Crippen molar-refractivity contribution in [3.63, 3.8) is 0 Å². The van der Waals surface area contributed by atoms with Gasteiger partial charge in [0.2, 0.25) is 5.91 Å². The minimum Gasteiger partial charge on any atom is -0.325 e. The Morgan fingerprint density at radius 3 is 2.62 bits per heavy atom. The van der Waals surface area contributed by atoms with Gasteiger partial charge >= 0.3 is 0 Å². The first kappa shape index (κ1) is 11.9. The smallest absolute Gasteiger partial charge is 0.238 e. The lowest BCUT2D eigenvalue weighted by Crippen LogP contribution is -2.23. The first-order valence-electron chi connectivity index (χ1n) is 5.35. The monoisotopic (exact) mass is 301 g/mol. The molecule has 0 bridgehead atoms. The minimum atomic E-state index is -0.0873. The summed E-state index contributed by atoms with van der Waals surface area (Å²) < 4.78 is 0. The summed E-state index contributed by atoms with van der Waals surface area (Å²) in [6.07, 6.45) is 3.45. The van der Waals surface area contributed by atoms with E-state index in [1.54, 1.807) is 24.3 Å². The molecule has 0 aliphatic heterocycles. The third-order valence-electron chi connectivity index (χ3n) is 2.63. The lowest BCUT2D eigenvalue weighted by molar-refractivity contribution is -0.115. The van der Waals surface area contributed by atoms with E-state index in [4.69, 9.17) is 11.6 Å². The molecule has 1 aliphatic carbocycles. The Balaban J connectivity index is 1.87. The topological polar surface area (TPSA) is 29.1 Å². The van der Waals surface area contributed by atoms with Gasteiger partial charge in [-0.1, -0.05) is 40.4 Å². The van der Waals surface area contributed by atoms with Crippen molar-refractivity contribution in [3.8, 4) is 0 Å². The fraction of sp³-hybridized carbons (Fsp3) is 0.417. The second-order valence-electron chi connectivity index (χ2n) is 4.14. The highest BCUT2D eigenvalue weighted by Gasteiger charge is 2.27. The van der Waals surface area contributed by atoms with Crippen molar-refractivity contribution in [2.45, 2.75) is 24.1 Å². The predicted octanol–water partition coefficient (Wildman–Crippen LogP) is 3.84. The number of hydrogen-bond acceptors (Lipinski definition) is 1. The molecule has 1 aromatic rings. The van der Waals surface area contributed by atoms with E-state index in [1.165, 1.54) is 12.8 Å². The minimum absolute atomic E-state index is 0.0224. The molecule has 4 heteroatoms. The molecule has 0 aromatic heterocycles. The second kappa shape index (κ2) is 5.19. The maximum Gasteiger partial charge on any atom is 0.238 e. The molecule has 0 saturated heterocycles. The van der Waals surface area contributed by atoms with E-state index in [9.17, 15) is 4.79 Å². The van der Waals surface area contributed by atoms with Gasteiger partial charge in [0.15, 0.2) is 0 Å². The van der Waals surface area contributed by atoms with E-state index in [0.717, 1.165) is 18.0 Å². The first-order chi connectivity index (χ1) is 7.65. The van der Waals surface area contributed by atoms with Gasteiger partial charge in [-0.15, -0.1) is 0 Å². The van der Waals surface area contributed by atoms with Crippen molar-refractivity contribution in [3.05, 3.63) is 29.3 Å². The molecule has 1 aliphatic rings. The molecule has 1 aromatic carbocycles. The summed E-state index contributed by atoms with van der Waals surface area (Å²) in [7, 11) is 0. The van der Waals surface area contributed by atoms with Gasteiger partial charge < -0.3 is 5.32 Å². The number of nitrogens with one attached hydrogen (secondary N) is 1. The third kappa shape index (κ3) is 3.49. The van der Waals surface area contributed by atoms with Crippen molar-refractivity contribution in [1.29, 1.82) is 0 Å². The zero-order chi connectivity index (χ0) is 11.5. The standard InChI is InChI=1S/C12H13BrClNO/c13-11(7-8-1-2-8)12(16)15-10-5-3-9(14)4-6-10/h3-6,8,11H,1-2,7H2,(H,15,16). The Hall–Kier alpha value is -0.540. The van der Waals surface area contributed by atoms with E-state index in [0.29, 0.717) is 5.02 Å². The highest BCUT2D eigenvalue weighted by Crippen LogP contribution is 2.35. The average molecular weight is 303 g/mol. The summed E-state index contributed by atoms with van der Waals surface area (Å²) in [5.41, 5.74) is 0.787. The molecule has 1 amide bonds. The van der Waals surface area contributed by atoms with Crippen LogP contribution >= 0.6 is 27.5 Å². The summed E-state index contributed by atoms with van der Waals surface area (Å²) in [4.78, 5) is 11.7. The number of anilines is 1. The Morgan fingerprint density at radius 2 is 2.06 bits per heavy atom. The fourth-order valence-electron chi connectivity index (χ4n) is 1.51. The molecule has 1 atom stereocenters. The van der Waals surface area contributed by atoms with Gasteiger partial charge in [-0.05, 0) is 36.6 Å². The number of carbonyl (C=O) groups excluding carboxylic acids is 1. The van der Waals surface area contributed by atoms with Crippen LogP contribution in [0.3, 0.4) is 0 Å². The summed E-state index contributed by atoms with van der Waals surface area (Å²) in [5.74, 6) is 0.759. The lowest BCUT2D eigenvalue weighted by Gasteiger charge is -2.10. The van der Waals surface area contributed by atoms with Crippen LogP contribution in [0, 0.1) is 5.92 Å². The Labute approximate surface area is 108 Å². The van der Waals surface area contributed by atoms with Crippen molar-refractivity contribution < 1.29 is 4.79 Å². The highest BCUT2D eigenvalue weighted by atomic mass is 79.9. The van der Waals surface area contributed by atoms with Gasteiger partial charge in [-0.2, -0.15) is 0 Å². The van der Waals surface area contributed by atoms with Crippen LogP contribution in [0.2, 0.25) is 5.02 Å². The third-order valence-corrected chi connectivity index (χ3v) is 3.68. The fourth-order valence-corrected chi connectivity index (χ4v) is 2.28. The molecular weight excluding hydrogens is 289 g/mol. The normalized spacial score (nSPS) is 16.9. The Morgan fingerprint density at radius 1 is 1.44 bits per heavy atom. The van der Waals surface area contributed by atoms with E-state index < -0.39 is 0 Å². The van der Waals surface area contributed by atoms with Gasteiger partial charge in [0, 0.05) is 10.7 Å². The quantitative estimate of drug-likeness (QED) is 0.841. The molecular formula is C12H13BrClNO. The molecule has 1 unspecified atom stereocenters. The number of hydrogen-bond donors (Lipinski definition) is 1. The van der Waals surface area contributed by atoms with E-state index in [1.807, 2.05) is 0 Å². The number of amides is 1. The predicted molar refractivity (Wildman–Crippen MR) is 70.1 cm³/mol. The Kier molecular flexibility index (Phi) is 3.87. The van der Waals surface area contributed by atoms with Crippen LogP contribution in [0.15, 0.2) is 24.3 Å². The SMILES string of the molecule is O=C(Nc1ccc(Cl)cc1)C(Br)CC1CC1. The molecule has 2 nitrogen and oxygen atoms in total. The first-order valence-corrected chi connectivity index (χ1v) is 6.65. The van der Waals surface area contributed by atoms with E-state index in [-0.39, 0.29) is 10.7 Å². The van der Waals surface area contributed by atoms with Gasteiger partial charge in [0.05, 0.1) is 4.83 Å². The van der Waals surface area contributed by atoms with E-state index >= 15 is 0 Å². The summed E-state index contributed by atoms with van der Waals surface area (Å²) in [5, 5.41) is 3.53. The summed E-state index contributed by atoms with van der Waals surface area (Å²) >= 11 is 9.18. The molecule has 0 radical (unpaired) electrons. The number of carbonyl (C=O) groups is 1. The molecule has 16 heavy (non-hydrogen) atoms. The van der Waals surface area contributed by atoms with Gasteiger partial charge in [0.1, 0.15) is 0 Å². The molecule has 0 heterocycles. The number of rotatable bonds is 4. The molecule has 1 N–H and O–H groups in total. The number of benzene rings is 1. The largest absolute Gasteiger partial charge is 0.325 e. The van der Waals surface area contributed by atoms with Crippen molar-refractivity contribution in [2.75, 3.05) is 5.32 Å². The number of alkyl halides is 1. The van der Waals surface area contributed by atoms with Gasteiger partial charge in [-0.25, -0.2) is 0 Å². The van der Waals surface area contributed by atoms with Crippen LogP contribution in [-0.2, 0) is 4.79 Å². The van der Waals surface area contributed by atoms with Gasteiger partial charge in [-0.3, -0.25) is 4.79 Å². The van der Waals surface area contributed by atoms with Crippen LogP contribution in [-0.4, -0.2) is 10.7 Å². The summed E-state index contributed by atoms with van der Waals surface area (Å²) in [6, 6.07) is 7.14. The molecule has 1 saturated carbocycles. The molecule has 86 valence electrons. The van der Waals surface area contributed by atoms with Crippen molar-refractivity contribution in [2.24, 2.45) is 5.92 Å². The zero-order valence-electron chi connectivity index (χ0n) is 8.75. The molecule has 1 fully saturated rings. The van der Waals surface area contributed by atoms with Crippen LogP contribution < -0.4 is 5.32 Å². The molecule has 2 rings (SSSR count). The molecule has 0 spiro atoms. The van der Waals surface area contributed by atoms with Crippen molar-refractivity contribution in [1.82, 2.24) is 0 Å². The zero-order valence-corrected chi connectivity index (χ0v) is 11.1. The van der Waals surface area contributed by atoms with Crippen LogP contribution in [0.1, 0.15) is 19.3 Å². The second-order valence-corrected chi connectivity index (χ2v) is 5.68. The van der Waals surface area contributed by atoms with Gasteiger partial charge in [0.25, 0.3) is 0 Å².